The fourth-order valence-electron chi connectivity index (χ4n) is 2.54. The Labute approximate surface area is 96.2 Å². The zero-order chi connectivity index (χ0) is 11.4. The van der Waals surface area contributed by atoms with Gasteiger partial charge < -0.3 is 14.4 Å². The summed E-state index contributed by atoms with van der Waals surface area (Å²) in [6.45, 7) is 1.63. The van der Waals surface area contributed by atoms with Crippen molar-refractivity contribution in [3.05, 3.63) is 12.3 Å². The second-order valence-electron chi connectivity index (χ2n) is 4.34. The lowest BCUT2D eigenvalue weighted by atomic mass is 9.90. The monoisotopic (exact) mass is 225 g/mol. The maximum atomic E-state index is 11.0. The lowest BCUT2D eigenvalue weighted by Gasteiger charge is -2.43. The van der Waals surface area contributed by atoms with Crippen molar-refractivity contribution in [2.45, 2.75) is 37.8 Å². The molecule has 0 aromatic heterocycles. The van der Waals surface area contributed by atoms with Crippen molar-refractivity contribution in [1.82, 2.24) is 4.90 Å². The molecule has 1 saturated heterocycles. The molecule has 4 nitrogen and oxygen atoms in total. The Morgan fingerprint density at radius 1 is 1.44 bits per heavy atom. The molecule has 1 heterocycles. The molecule has 0 bridgehead atoms. The van der Waals surface area contributed by atoms with Crippen LogP contribution in [0, 0.1) is 0 Å². The number of hydrogen-bond acceptors (Lipinski definition) is 4. The molecule has 0 aromatic carbocycles. The number of morpholine rings is 1. The molecule has 2 atom stereocenters. The van der Waals surface area contributed by atoms with Gasteiger partial charge in [0.15, 0.2) is 0 Å². The maximum absolute atomic E-state index is 11.0. The Kier molecular flexibility index (Phi) is 3.83. The first kappa shape index (κ1) is 11.5. The Morgan fingerprint density at radius 2 is 2.25 bits per heavy atom. The fraction of sp³-hybridized carbons (Fsp3) is 0.750. The van der Waals surface area contributed by atoms with Gasteiger partial charge in [-0.2, -0.15) is 0 Å². The number of nitrogens with zero attached hydrogens (tertiary/aromatic N) is 1. The Bertz CT molecular complexity index is 275. The molecule has 0 spiro atoms. The van der Waals surface area contributed by atoms with Crippen LogP contribution in [0.2, 0.25) is 0 Å². The predicted octanol–water partition coefficient (Wildman–Crippen LogP) is 1.32. The minimum absolute atomic E-state index is 0.293. The number of carbonyl (C=O) groups is 1. The first-order chi connectivity index (χ1) is 7.81. The van der Waals surface area contributed by atoms with Crippen LogP contribution in [-0.4, -0.2) is 43.3 Å². The number of carbonyl (C=O) groups excluding carboxylic acids is 1. The Morgan fingerprint density at radius 3 is 3.06 bits per heavy atom. The van der Waals surface area contributed by atoms with Crippen molar-refractivity contribution in [3.63, 3.8) is 0 Å². The van der Waals surface area contributed by atoms with E-state index in [1.54, 1.807) is 0 Å². The highest BCUT2D eigenvalue weighted by atomic mass is 16.5. The Balaban J connectivity index is 1.97. The van der Waals surface area contributed by atoms with Crippen LogP contribution in [0.4, 0.5) is 0 Å². The second kappa shape index (κ2) is 5.34. The lowest BCUT2D eigenvalue weighted by molar-refractivity contribution is -0.135. The van der Waals surface area contributed by atoms with Crippen molar-refractivity contribution in [3.8, 4) is 0 Å². The molecule has 0 N–H and O–H groups in total. The summed E-state index contributed by atoms with van der Waals surface area (Å²) >= 11 is 0. The SMILES string of the molecule is COC(=O)C=CN1CCOC2CCCCC21. The number of ether oxygens (including phenoxy) is 2. The van der Waals surface area contributed by atoms with E-state index < -0.39 is 0 Å². The molecule has 16 heavy (non-hydrogen) atoms. The summed E-state index contributed by atoms with van der Waals surface area (Å²) in [7, 11) is 1.40. The minimum Gasteiger partial charge on any atom is -0.466 e. The maximum Gasteiger partial charge on any atom is 0.331 e. The third-order valence-electron chi connectivity index (χ3n) is 3.38. The minimum atomic E-state index is -0.293. The quantitative estimate of drug-likeness (QED) is 0.525. The first-order valence-electron chi connectivity index (χ1n) is 5.95. The second-order valence-corrected chi connectivity index (χ2v) is 4.34. The van der Waals surface area contributed by atoms with Gasteiger partial charge >= 0.3 is 5.97 Å². The van der Waals surface area contributed by atoms with Crippen LogP contribution in [0.3, 0.4) is 0 Å². The molecule has 2 fully saturated rings. The summed E-state index contributed by atoms with van der Waals surface area (Å²) in [6, 6.07) is 0.448. The third kappa shape index (κ3) is 2.55. The molecule has 1 aliphatic heterocycles. The molecule has 4 heteroatoms. The van der Waals surface area contributed by atoms with Crippen molar-refractivity contribution in [1.29, 1.82) is 0 Å². The van der Waals surface area contributed by atoms with E-state index in [0.717, 1.165) is 26.0 Å². The number of fused-ring (bicyclic) bond motifs is 1. The number of rotatable bonds is 2. The molecule has 0 aromatic rings. The van der Waals surface area contributed by atoms with Crippen LogP contribution >= 0.6 is 0 Å². The molecule has 2 unspecified atom stereocenters. The van der Waals surface area contributed by atoms with Crippen LogP contribution < -0.4 is 0 Å². The van der Waals surface area contributed by atoms with E-state index in [-0.39, 0.29) is 5.97 Å². The lowest BCUT2D eigenvalue weighted by Crippen LogP contribution is -2.50. The average molecular weight is 225 g/mol. The molecular weight excluding hydrogens is 206 g/mol. The van der Waals surface area contributed by atoms with Crippen molar-refractivity contribution in [2.24, 2.45) is 0 Å². The van der Waals surface area contributed by atoms with E-state index >= 15 is 0 Å². The predicted molar refractivity (Wildman–Crippen MR) is 59.9 cm³/mol. The molecule has 1 saturated carbocycles. The molecule has 2 aliphatic rings. The summed E-state index contributed by atoms with van der Waals surface area (Å²) in [6.07, 6.45) is 8.53. The van der Waals surface area contributed by atoms with Gasteiger partial charge in [0.25, 0.3) is 0 Å². The van der Waals surface area contributed by atoms with Gasteiger partial charge in [0.05, 0.1) is 25.9 Å². The van der Waals surface area contributed by atoms with Crippen LogP contribution in [0.15, 0.2) is 12.3 Å². The van der Waals surface area contributed by atoms with Crippen LogP contribution in [0.5, 0.6) is 0 Å². The van der Waals surface area contributed by atoms with Crippen molar-refractivity contribution < 1.29 is 14.3 Å². The summed E-state index contributed by atoms with van der Waals surface area (Å²) in [5.74, 6) is -0.293. The van der Waals surface area contributed by atoms with Gasteiger partial charge in [-0.1, -0.05) is 12.8 Å². The summed E-state index contributed by atoms with van der Waals surface area (Å²) < 4.78 is 10.3. The van der Waals surface area contributed by atoms with Gasteiger partial charge in [-0.15, -0.1) is 0 Å². The highest BCUT2D eigenvalue weighted by molar-refractivity contribution is 5.81. The van der Waals surface area contributed by atoms with Gasteiger partial charge in [-0.25, -0.2) is 4.79 Å². The van der Waals surface area contributed by atoms with E-state index in [9.17, 15) is 4.79 Å². The number of methoxy groups -OCH3 is 1. The zero-order valence-corrected chi connectivity index (χ0v) is 9.72. The van der Waals surface area contributed by atoms with Crippen molar-refractivity contribution >= 4 is 5.97 Å². The topological polar surface area (TPSA) is 38.8 Å². The number of hydrogen-bond donors (Lipinski definition) is 0. The van der Waals surface area contributed by atoms with Gasteiger partial charge in [0, 0.05) is 18.8 Å². The summed E-state index contributed by atoms with van der Waals surface area (Å²) in [5, 5.41) is 0. The van der Waals surface area contributed by atoms with Gasteiger partial charge in [-0.3, -0.25) is 0 Å². The van der Waals surface area contributed by atoms with E-state index in [0.29, 0.717) is 12.1 Å². The van der Waals surface area contributed by atoms with Crippen molar-refractivity contribution in [2.75, 3.05) is 20.3 Å². The van der Waals surface area contributed by atoms with Gasteiger partial charge in [-0.05, 0) is 12.8 Å². The van der Waals surface area contributed by atoms with Gasteiger partial charge in [0.2, 0.25) is 0 Å². The third-order valence-corrected chi connectivity index (χ3v) is 3.38. The summed E-state index contributed by atoms with van der Waals surface area (Å²) in [4.78, 5) is 13.3. The Hall–Kier alpha value is -1.03. The highest BCUT2D eigenvalue weighted by Gasteiger charge is 2.32. The standard InChI is InChI=1S/C12H19NO3/c1-15-12(14)6-7-13-8-9-16-11-5-3-2-4-10(11)13/h6-7,10-11H,2-5,8-9H2,1H3. The fourth-order valence-corrected chi connectivity index (χ4v) is 2.54. The largest absolute Gasteiger partial charge is 0.466 e. The average Bonchev–Trinajstić information content (AvgIpc) is 2.35. The normalized spacial score (nSPS) is 30.2. The van der Waals surface area contributed by atoms with Crippen LogP contribution in [0.25, 0.3) is 0 Å². The van der Waals surface area contributed by atoms with E-state index in [1.165, 1.54) is 26.0 Å². The van der Waals surface area contributed by atoms with E-state index in [1.807, 2.05) is 6.20 Å². The van der Waals surface area contributed by atoms with Crippen LogP contribution in [-0.2, 0) is 14.3 Å². The smallest absolute Gasteiger partial charge is 0.331 e. The summed E-state index contributed by atoms with van der Waals surface area (Å²) in [5.41, 5.74) is 0. The molecule has 90 valence electrons. The van der Waals surface area contributed by atoms with E-state index in [4.69, 9.17) is 4.74 Å². The molecule has 2 rings (SSSR count). The first-order valence-corrected chi connectivity index (χ1v) is 5.95. The molecule has 1 aliphatic carbocycles. The molecule has 0 radical (unpaired) electrons. The number of esters is 1. The van der Waals surface area contributed by atoms with E-state index in [2.05, 4.69) is 9.64 Å². The molecule has 0 amide bonds. The zero-order valence-electron chi connectivity index (χ0n) is 9.72. The highest BCUT2D eigenvalue weighted by Crippen LogP contribution is 2.28. The molecular formula is C12H19NO3. The van der Waals surface area contributed by atoms with Crippen LogP contribution in [0.1, 0.15) is 25.7 Å². The van der Waals surface area contributed by atoms with Gasteiger partial charge in [0.1, 0.15) is 0 Å².